The number of hydrogen-bond donors (Lipinski definition) is 10. The maximum absolute atomic E-state index is 12.3. The summed E-state index contributed by atoms with van der Waals surface area (Å²) < 4.78 is 24.3. The van der Waals surface area contributed by atoms with Gasteiger partial charge in [0, 0.05) is 0 Å². The van der Waals surface area contributed by atoms with Gasteiger partial charge in [-0.2, -0.15) is 0 Å². The topological polar surface area (TPSA) is 239 Å². The molecule has 0 radical (unpaired) electrons. The number of fused-ring (bicyclic) bond motifs is 2. The van der Waals surface area contributed by atoms with Crippen molar-refractivity contribution in [2.24, 2.45) is 50.7 Å². The lowest BCUT2D eigenvalue weighted by atomic mass is 9.41. The standard InChI is InChI=1S/C41H70O14/c1-18(13-21(43)33(50)37(5,6)51)26-22(44)15-39(8)24-14-20(42)32-36(3,4)25(9-10-41(32)17-40(24,41)12-11-38(26,39)7)54-35-31(28(47)23(45)16-52-35)55-34-30(49)29(48)27(46)19(2)53-34/h18-35,42-51H,9-17H2,1-8H3/t18-,19+,20+,21+,22+,23-,24+,25+,26+,27+,28+,29-,30-,31-,32+,33-,34+,35+,38-,39+,40+,41-/m1/s1. The average Bonchev–Trinajstić information content (AvgIpc) is 3.68. The molecule has 5 aliphatic carbocycles. The van der Waals surface area contributed by atoms with Gasteiger partial charge in [-0.1, -0.05) is 34.6 Å². The van der Waals surface area contributed by atoms with Crippen molar-refractivity contribution in [3.05, 3.63) is 0 Å². The molecule has 55 heavy (non-hydrogen) atoms. The first-order valence-corrected chi connectivity index (χ1v) is 20.8. The van der Waals surface area contributed by atoms with Crippen molar-refractivity contribution in [1.29, 1.82) is 0 Å². The van der Waals surface area contributed by atoms with Gasteiger partial charge in [0.2, 0.25) is 0 Å². The summed E-state index contributed by atoms with van der Waals surface area (Å²) in [6.45, 7) is 15.1. The smallest absolute Gasteiger partial charge is 0.187 e. The molecular weight excluding hydrogens is 716 g/mol. The number of aliphatic hydroxyl groups excluding tert-OH is 9. The summed E-state index contributed by atoms with van der Waals surface area (Å²) >= 11 is 0. The maximum atomic E-state index is 12.3. The van der Waals surface area contributed by atoms with Crippen molar-refractivity contribution in [3.8, 4) is 0 Å². The molecule has 0 amide bonds. The van der Waals surface area contributed by atoms with E-state index in [0.717, 1.165) is 25.7 Å². The molecular formula is C41H70O14. The van der Waals surface area contributed by atoms with Crippen molar-refractivity contribution in [3.63, 3.8) is 0 Å². The second kappa shape index (κ2) is 14.0. The maximum Gasteiger partial charge on any atom is 0.187 e. The summed E-state index contributed by atoms with van der Waals surface area (Å²) in [5.74, 6) is -0.181. The van der Waals surface area contributed by atoms with Crippen LogP contribution in [0.4, 0.5) is 0 Å². The van der Waals surface area contributed by atoms with Crippen LogP contribution >= 0.6 is 0 Å². The predicted octanol–water partition coefficient (Wildman–Crippen LogP) is 0.562. The molecule has 2 saturated heterocycles. The first-order chi connectivity index (χ1) is 25.4. The normalized spacial score (nSPS) is 55.0. The van der Waals surface area contributed by atoms with Crippen molar-refractivity contribution >= 4 is 0 Å². The first-order valence-electron chi connectivity index (χ1n) is 20.8. The number of ether oxygens (including phenoxy) is 4. The van der Waals surface area contributed by atoms with Gasteiger partial charge in [0.15, 0.2) is 12.6 Å². The lowest BCUT2D eigenvalue weighted by Crippen LogP contribution is -2.64. The third kappa shape index (κ3) is 6.25. The van der Waals surface area contributed by atoms with E-state index in [9.17, 15) is 51.1 Å². The molecule has 2 heterocycles. The Morgan fingerprint density at radius 2 is 1.45 bits per heavy atom. The fraction of sp³-hybridized carbons (Fsp3) is 1.00. The Bertz CT molecular complexity index is 1410. The number of rotatable bonds is 9. The van der Waals surface area contributed by atoms with Crippen LogP contribution in [0, 0.1) is 50.7 Å². The van der Waals surface area contributed by atoms with Gasteiger partial charge in [-0.05, 0) is 123 Å². The van der Waals surface area contributed by atoms with Crippen LogP contribution in [0.2, 0.25) is 0 Å². The highest BCUT2D eigenvalue weighted by atomic mass is 16.8. The van der Waals surface area contributed by atoms with Crippen LogP contribution in [0.15, 0.2) is 0 Å². The van der Waals surface area contributed by atoms with Gasteiger partial charge >= 0.3 is 0 Å². The lowest BCUT2D eigenvalue weighted by Gasteiger charge is -2.64. The molecule has 7 rings (SSSR count). The summed E-state index contributed by atoms with van der Waals surface area (Å²) in [5, 5.41) is 109. The molecule has 5 saturated carbocycles. The van der Waals surface area contributed by atoms with Gasteiger partial charge in [0.25, 0.3) is 0 Å². The van der Waals surface area contributed by atoms with E-state index >= 15 is 0 Å². The average molecular weight is 787 g/mol. The van der Waals surface area contributed by atoms with Gasteiger partial charge in [-0.25, -0.2) is 0 Å². The fourth-order valence-corrected chi connectivity index (χ4v) is 14.3. The fourth-order valence-electron chi connectivity index (χ4n) is 14.3. The Morgan fingerprint density at radius 1 is 0.782 bits per heavy atom. The zero-order valence-electron chi connectivity index (χ0n) is 33.9. The molecule has 0 aromatic heterocycles. The minimum Gasteiger partial charge on any atom is -0.393 e. The summed E-state index contributed by atoms with van der Waals surface area (Å²) in [6.07, 6.45) is -10.4. The molecule has 10 N–H and O–H groups in total. The molecule has 0 aromatic rings. The summed E-state index contributed by atoms with van der Waals surface area (Å²) in [7, 11) is 0. The molecule has 22 atom stereocenters. The van der Waals surface area contributed by atoms with Crippen LogP contribution < -0.4 is 0 Å². The van der Waals surface area contributed by atoms with Gasteiger partial charge in [-0.15, -0.1) is 0 Å². The van der Waals surface area contributed by atoms with E-state index in [4.69, 9.17) is 18.9 Å². The van der Waals surface area contributed by atoms with Crippen LogP contribution in [0.1, 0.15) is 107 Å². The molecule has 318 valence electrons. The second-order valence-electron chi connectivity index (χ2n) is 20.9. The SMILES string of the molecule is C[C@H](C[C@H](O)[C@@H](O)C(C)(C)O)[C@H]1[C@@H](O)C[C@@]2(C)[C@@H]3C[C@H](O)[C@H]4C(C)(C)[C@@H](O[C@@H]5OC[C@@H](O)[C@H](O)[C@H]5O[C@@H]5O[C@@H](C)[C@H](O)[C@@H](O)[C@H]5O)CC[C@@]45C[C@@]35CC[C@]12C. The van der Waals surface area contributed by atoms with Crippen LogP contribution in [-0.2, 0) is 18.9 Å². The van der Waals surface area contributed by atoms with E-state index in [1.807, 2.05) is 6.92 Å². The first kappa shape index (κ1) is 42.6. The Morgan fingerprint density at radius 3 is 2.11 bits per heavy atom. The quantitative estimate of drug-likeness (QED) is 0.144. The van der Waals surface area contributed by atoms with E-state index in [1.165, 1.54) is 20.8 Å². The molecule has 2 aliphatic heterocycles. The van der Waals surface area contributed by atoms with Crippen LogP contribution in [0.25, 0.3) is 0 Å². The van der Waals surface area contributed by atoms with Gasteiger partial charge in [-0.3, -0.25) is 0 Å². The monoisotopic (exact) mass is 786 g/mol. The largest absolute Gasteiger partial charge is 0.393 e. The number of hydrogen-bond acceptors (Lipinski definition) is 14. The Kier molecular flexibility index (Phi) is 10.8. The second-order valence-corrected chi connectivity index (χ2v) is 20.9. The highest BCUT2D eigenvalue weighted by molar-refractivity contribution is 5.32. The Labute approximate surface area is 325 Å². The number of aliphatic hydroxyl groups is 10. The summed E-state index contributed by atoms with van der Waals surface area (Å²) in [5.41, 5.74) is -2.69. The van der Waals surface area contributed by atoms with E-state index in [0.29, 0.717) is 19.3 Å². The minimum atomic E-state index is -1.63. The van der Waals surface area contributed by atoms with Gasteiger partial charge in [0.05, 0.1) is 42.7 Å². The molecule has 7 aliphatic rings. The summed E-state index contributed by atoms with van der Waals surface area (Å²) in [4.78, 5) is 0. The zero-order valence-corrected chi connectivity index (χ0v) is 33.9. The molecule has 0 unspecified atom stereocenters. The highest BCUT2D eigenvalue weighted by Gasteiger charge is 2.84. The molecule has 0 aromatic carbocycles. The van der Waals surface area contributed by atoms with Gasteiger partial charge in [0.1, 0.15) is 42.7 Å². The van der Waals surface area contributed by atoms with Crippen LogP contribution in [-0.4, -0.2) is 149 Å². The molecule has 2 spiro atoms. The third-order valence-corrected chi connectivity index (χ3v) is 17.2. The van der Waals surface area contributed by atoms with Crippen molar-refractivity contribution < 1.29 is 70.0 Å². The Balaban J connectivity index is 1.09. The van der Waals surface area contributed by atoms with Crippen LogP contribution in [0.5, 0.6) is 0 Å². The lowest BCUT2D eigenvalue weighted by molar-refractivity contribution is -0.364. The van der Waals surface area contributed by atoms with E-state index in [1.54, 1.807) is 0 Å². The van der Waals surface area contributed by atoms with Crippen molar-refractivity contribution in [2.75, 3.05) is 6.61 Å². The molecule has 14 nitrogen and oxygen atoms in total. The minimum absolute atomic E-state index is 0.00823. The van der Waals surface area contributed by atoms with E-state index in [2.05, 4.69) is 27.7 Å². The summed E-state index contributed by atoms with van der Waals surface area (Å²) in [6, 6.07) is 0. The molecule has 7 fully saturated rings. The zero-order chi connectivity index (χ0) is 40.6. The molecule has 14 heteroatoms. The third-order valence-electron chi connectivity index (χ3n) is 17.2. The van der Waals surface area contributed by atoms with Gasteiger partial charge < -0.3 is 70.0 Å². The highest BCUT2D eigenvalue weighted by Crippen LogP contribution is 2.89. The van der Waals surface area contributed by atoms with Crippen LogP contribution in [0.3, 0.4) is 0 Å². The van der Waals surface area contributed by atoms with Crippen molar-refractivity contribution in [1.82, 2.24) is 0 Å². The Hall–Kier alpha value is -0.560. The van der Waals surface area contributed by atoms with E-state index < -0.39 is 96.8 Å². The van der Waals surface area contributed by atoms with E-state index in [-0.39, 0.29) is 58.4 Å². The molecule has 0 bridgehead atoms. The predicted molar refractivity (Wildman–Crippen MR) is 196 cm³/mol. The van der Waals surface area contributed by atoms with Crippen molar-refractivity contribution in [2.45, 2.75) is 198 Å².